The van der Waals surface area contributed by atoms with Crippen molar-refractivity contribution in [2.24, 2.45) is 5.41 Å². The molecule has 1 saturated heterocycles. The van der Waals surface area contributed by atoms with Gasteiger partial charge in [-0.05, 0) is 37.4 Å². The molecule has 1 aromatic heterocycles. The Hall–Kier alpha value is -0.910. The first-order valence-corrected chi connectivity index (χ1v) is 8.05. The van der Waals surface area contributed by atoms with E-state index in [0.717, 1.165) is 25.9 Å². The van der Waals surface area contributed by atoms with E-state index in [1.807, 2.05) is 11.0 Å². The number of methoxy groups -OCH3 is 1. The summed E-state index contributed by atoms with van der Waals surface area (Å²) in [5, 5.41) is 5.39. The second-order valence-corrected chi connectivity index (χ2v) is 6.64. The van der Waals surface area contributed by atoms with Crippen molar-refractivity contribution in [2.45, 2.75) is 26.3 Å². The molecule has 112 valence electrons. The predicted octanol–water partition coefficient (Wildman–Crippen LogP) is 2.11. The third-order valence-electron chi connectivity index (χ3n) is 4.00. The number of thiophene rings is 1. The van der Waals surface area contributed by atoms with Crippen molar-refractivity contribution in [1.29, 1.82) is 0 Å². The summed E-state index contributed by atoms with van der Waals surface area (Å²) in [6, 6.07) is 4.12. The SMILES string of the molecule is COCCN(Cc1cccs1)C(=O)C1(C)CCNCC1. The average Bonchev–Trinajstić information content (AvgIpc) is 2.96. The standard InChI is InChI=1S/C15H24N2O2S/c1-15(5-7-16-8-6-15)14(18)17(9-10-19-2)12-13-4-3-11-20-13/h3-4,11,16H,5-10,12H2,1-2H3. The van der Waals surface area contributed by atoms with Gasteiger partial charge in [-0.3, -0.25) is 4.79 Å². The maximum Gasteiger partial charge on any atom is 0.229 e. The van der Waals surface area contributed by atoms with Crippen molar-refractivity contribution >= 4 is 17.2 Å². The van der Waals surface area contributed by atoms with E-state index in [1.165, 1.54) is 4.88 Å². The van der Waals surface area contributed by atoms with Gasteiger partial charge in [-0.1, -0.05) is 13.0 Å². The Balaban J connectivity index is 2.06. The molecule has 1 amide bonds. The van der Waals surface area contributed by atoms with E-state index in [1.54, 1.807) is 18.4 Å². The Labute approximate surface area is 125 Å². The summed E-state index contributed by atoms with van der Waals surface area (Å²) >= 11 is 1.70. The lowest BCUT2D eigenvalue weighted by Gasteiger charge is -2.37. The van der Waals surface area contributed by atoms with Crippen molar-refractivity contribution in [3.63, 3.8) is 0 Å². The van der Waals surface area contributed by atoms with Gasteiger partial charge in [0, 0.05) is 23.9 Å². The fourth-order valence-corrected chi connectivity index (χ4v) is 3.34. The molecule has 5 heteroatoms. The van der Waals surface area contributed by atoms with Crippen LogP contribution in [0.2, 0.25) is 0 Å². The first-order valence-electron chi connectivity index (χ1n) is 7.17. The fraction of sp³-hybridized carbons (Fsp3) is 0.667. The minimum absolute atomic E-state index is 0.226. The van der Waals surface area contributed by atoms with Gasteiger partial charge in [0.15, 0.2) is 0 Å². The summed E-state index contributed by atoms with van der Waals surface area (Å²) in [6.07, 6.45) is 1.83. The Morgan fingerprint density at radius 2 is 2.25 bits per heavy atom. The number of nitrogens with zero attached hydrogens (tertiary/aromatic N) is 1. The van der Waals surface area contributed by atoms with Crippen LogP contribution in [0, 0.1) is 5.41 Å². The van der Waals surface area contributed by atoms with Gasteiger partial charge in [0.05, 0.1) is 13.2 Å². The van der Waals surface area contributed by atoms with E-state index >= 15 is 0 Å². The van der Waals surface area contributed by atoms with Gasteiger partial charge >= 0.3 is 0 Å². The maximum absolute atomic E-state index is 12.9. The van der Waals surface area contributed by atoms with Crippen LogP contribution in [-0.2, 0) is 16.1 Å². The third-order valence-corrected chi connectivity index (χ3v) is 4.86. The Morgan fingerprint density at radius 1 is 1.50 bits per heavy atom. The van der Waals surface area contributed by atoms with E-state index in [4.69, 9.17) is 4.74 Å². The quantitative estimate of drug-likeness (QED) is 0.874. The van der Waals surface area contributed by atoms with E-state index in [0.29, 0.717) is 19.7 Å². The summed E-state index contributed by atoms with van der Waals surface area (Å²) in [5.74, 6) is 0.268. The van der Waals surface area contributed by atoms with Crippen LogP contribution in [0.5, 0.6) is 0 Å². The number of carbonyl (C=O) groups is 1. The van der Waals surface area contributed by atoms with Gasteiger partial charge in [0.1, 0.15) is 0 Å². The van der Waals surface area contributed by atoms with Crippen LogP contribution in [0.25, 0.3) is 0 Å². The van der Waals surface area contributed by atoms with Crippen molar-refractivity contribution < 1.29 is 9.53 Å². The highest BCUT2D eigenvalue weighted by Crippen LogP contribution is 2.31. The summed E-state index contributed by atoms with van der Waals surface area (Å²) in [4.78, 5) is 16.1. The van der Waals surface area contributed by atoms with Crippen molar-refractivity contribution in [2.75, 3.05) is 33.4 Å². The van der Waals surface area contributed by atoms with Crippen molar-refractivity contribution in [1.82, 2.24) is 10.2 Å². The zero-order valence-electron chi connectivity index (χ0n) is 12.4. The van der Waals surface area contributed by atoms with E-state index in [9.17, 15) is 4.79 Å². The molecule has 1 aliphatic heterocycles. The molecule has 0 radical (unpaired) electrons. The monoisotopic (exact) mass is 296 g/mol. The largest absolute Gasteiger partial charge is 0.383 e. The number of hydrogen-bond acceptors (Lipinski definition) is 4. The fourth-order valence-electron chi connectivity index (χ4n) is 2.62. The molecule has 0 spiro atoms. The van der Waals surface area contributed by atoms with Crippen LogP contribution in [0.15, 0.2) is 17.5 Å². The van der Waals surface area contributed by atoms with E-state index < -0.39 is 0 Å². The Morgan fingerprint density at radius 3 is 2.85 bits per heavy atom. The zero-order valence-corrected chi connectivity index (χ0v) is 13.2. The average molecular weight is 296 g/mol. The topological polar surface area (TPSA) is 41.6 Å². The van der Waals surface area contributed by atoms with Gasteiger partial charge in [-0.15, -0.1) is 11.3 Å². The van der Waals surface area contributed by atoms with Crippen LogP contribution in [0.4, 0.5) is 0 Å². The molecule has 0 atom stereocenters. The molecule has 2 heterocycles. The molecule has 0 unspecified atom stereocenters. The molecule has 4 nitrogen and oxygen atoms in total. The number of piperidine rings is 1. The number of rotatable bonds is 6. The summed E-state index contributed by atoms with van der Waals surface area (Å²) in [5.41, 5.74) is -0.226. The van der Waals surface area contributed by atoms with Crippen molar-refractivity contribution in [3.05, 3.63) is 22.4 Å². The molecule has 2 rings (SSSR count). The van der Waals surface area contributed by atoms with Gasteiger partial charge in [-0.2, -0.15) is 0 Å². The van der Waals surface area contributed by atoms with Gasteiger partial charge < -0.3 is 15.0 Å². The number of ether oxygens (including phenoxy) is 1. The molecule has 1 aromatic rings. The van der Waals surface area contributed by atoms with Crippen LogP contribution >= 0.6 is 11.3 Å². The summed E-state index contributed by atoms with van der Waals surface area (Å²) in [7, 11) is 1.68. The van der Waals surface area contributed by atoms with Gasteiger partial charge in [0.25, 0.3) is 0 Å². The molecule has 0 aromatic carbocycles. The molecular weight excluding hydrogens is 272 g/mol. The van der Waals surface area contributed by atoms with E-state index in [-0.39, 0.29) is 11.3 Å². The van der Waals surface area contributed by atoms with Gasteiger partial charge in [-0.25, -0.2) is 0 Å². The minimum Gasteiger partial charge on any atom is -0.383 e. The van der Waals surface area contributed by atoms with Crippen LogP contribution in [0.3, 0.4) is 0 Å². The van der Waals surface area contributed by atoms with Crippen LogP contribution < -0.4 is 5.32 Å². The first kappa shape index (κ1) is 15.5. The number of carbonyl (C=O) groups excluding carboxylic acids is 1. The lowest BCUT2D eigenvalue weighted by molar-refractivity contribution is -0.144. The number of hydrogen-bond donors (Lipinski definition) is 1. The molecule has 1 fully saturated rings. The number of amides is 1. The lowest BCUT2D eigenvalue weighted by Crippen LogP contribution is -2.48. The molecule has 0 saturated carbocycles. The lowest BCUT2D eigenvalue weighted by atomic mass is 9.79. The third kappa shape index (κ3) is 3.81. The van der Waals surface area contributed by atoms with Gasteiger partial charge in [0.2, 0.25) is 5.91 Å². The van der Waals surface area contributed by atoms with Crippen LogP contribution in [0.1, 0.15) is 24.6 Å². The minimum atomic E-state index is -0.226. The second kappa shape index (κ2) is 7.20. The Kier molecular flexibility index (Phi) is 5.57. The summed E-state index contributed by atoms with van der Waals surface area (Å²) < 4.78 is 5.16. The summed E-state index contributed by atoms with van der Waals surface area (Å²) in [6.45, 7) is 5.91. The highest BCUT2D eigenvalue weighted by molar-refractivity contribution is 7.09. The maximum atomic E-state index is 12.9. The second-order valence-electron chi connectivity index (χ2n) is 5.61. The highest BCUT2D eigenvalue weighted by Gasteiger charge is 2.37. The van der Waals surface area contributed by atoms with Crippen LogP contribution in [-0.4, -0.2) is 44.2 Å². The molecule has 0 bridgehead atoms. The van der Waals surface area contributed by atoms with Crippen molar-refractivity contribution in [3.8, 4) is 0 Å². The first-order chi connectivity index (χ1) is 9.65. The predicted molar refractivity (Wildman–Crippen MR) is 81.8 cm³/mol. The molecule has 1 N–H and O–H groups in total. The Bertz CT molecular complexity index is 414. The molecular formula is C15H24N2O2S. The molecule has 0 aliphatic carbocycles. The van der Waals surface area contributed by atoms with E-state index in [2.05, 4.69) is 23.7 Å². The smallest absolute Gasteiger partial charge is 0.229 e. The molecule has 1 aliphatic rings. The molecule has 20 heavy (non-hydrogen) atoms. The normalized spacial score (nSPS) is 17.9. The zero-order chi connectivity index (χ0) is 14.4. The highest BCUT2D eigenvalue weighted by atomic mass is 32.1. The number of nitrogens with one attached hydrogen (secondary N) is 1.